The van der Waals surface area contributed by atoms with Crippen molar-refractivity contribution in [2.45, 2.75) is 57.2 Å². The molecule has 0 unspecified atom stereocenters. The lowest BCUT2D eigenvalue weighted by molar-refractivity contribution is -0.166. The molecule has 0 heterocycles. The van der Waals surface area contributed by atoms with E-state index in [1.807, 2.05) is 0 Å². The molecule has 1 nitrogen and oxygen atoms in total. The summed E-state index contributed by atoms with van der Waals surface area (Å²) in [5, 5.41) is 2.77. The fraction of sp³-hybridized carbons (Fsp3) is 1.00. The zero-order valence-electron chi connectivity index (χ0n) is 9.74. The van der Waals surface area contributed by atoms with Gasteiger partial charge in [-0.2, -0.15) is 13.2 Å². The minimum Gasteiger partial charge on any atom is -0.303 e. The minimum absolute atomic E-state index is 0.264. The van der Waals surface area contributed by atoms with E-state index in [1.165, 1.54) is 12.8 Å². The first-order valence-electron chi connectivity index (χ1n) is 6.25. The van der Waals surface area contributed by atoms with Gasteiger partial charge in [-0.25, -0.2) is 0 Å². The molecule has 1 N–H and O–H groups in total. The predicted molar refractivity (Wildman–Crippen MR) is 57.1 cm³/mol. The Kier molecular flexibility index (Phi) is 3.21. The third-order valence-electron chi connectivity index (χ3n) is 4.16. The summed E-state index contributed by atoms with van der Waals surface area (Å²) in [6.45, 7) is 2.77. The molecule has 0 radical (unpaired) electrons. The maximum atomic E-state index is 12.6. The lowest BCUT2D eigenvalue weighted by atomic mass is 9.83. The highest BCUT2D eigenvalue weighted by molar-refractivity contribution is 5.08. The van der Waals surface area contributed by atoms with E-state index in [9.17, 15) is 13.2 Å². The monoisotopic (exact) mass is 235 g/mol. The summed E-state index contributed by atoms with van der Waals surface area (Å²) in [5.41, 5.74) is -1.52. The summed E-state index contributed by atoms with van der Waals surface area (Å²) >= 11 is 0. The molecule has 2 aliphatic rings. The Balaban J connectivity index is 1.76. The largest absolute Gasteiger partial charge is 0.406 e. The van der Waals surface area contributed by atoms with E-state index in [2.05, 4.69) is 12.2 Å². The smallest absolute Gasteiger partial charge is 0.303 e. The van der Waals surface area contributed by atoms with E-state index in [0.29, 0.717) is 12.5 Å². The Morgan fingerprint density at radius 2 is 1.69 bits per heavy atom. The topological polar surface area (TPSA) is 12.0 Å². The van der Waals surface area contributed by atoms with Crippen molar-refractivity contribution in [2.24, 2.45) is 11.8 Å². The molecule has 2 fully saturated rings. The standard InChI is InChI=1S/C12H20F3N/c1-9-2-4-10(5-3-9)8-16-11(6-7-11)12(13,14)15/h9-10,16H,2-8H2,1H3. The van der Waals surface area contributed by atoms with Crippen LogP contribution in [0.15, 0.2) is 0 Å². The van der Waals surface area contributed by atoms with Crippen LogP contribution < -0.4 is 5.32 Å². The van der Waals surface area contributed by atoms with Crippen LogP contribution >= 0.6 is 0 Å². The molecule has 0 aliphatic heterocycles. The van der Waals surface area contributed by atoms with Crippen LogP contribution in [-0.4, -0.2) is 18.3 Å². The summed E-state index contributed by atoms with van der Waals surface area (Å²) in [4.78, 5) is 0. The van der Waals surface area contributed by atoms with Crippen LogP contribution in [0, 0.1) is 11.8 Å². The van der Waals surface area contributed by atoms with Crippen LogP contribution in [-0.2, 0) is 0 Å². The molecule has 2 aliphatic carbocycles. The van der Waals surface area contributed by atoms with Gasteiger partial charge in [0.25, 0.3) is 0 Å². The molecule has 0 bridgehead atoms. The summed E-state index contributed by atoms with van der Waals surface area (Å²) in [6, 6.07) is 0. The van der Waals surface area contributed by atoms with Crippen molar-refractivity contribution in [3.63, 3.8) is 0 Å². The second-order valence-electron chi connectivity index (χ2n) is 5.59. The normalized spacial score (nSPS) is 33.8. The van der Waals surface area contributed by atoms with Crippen LogP contribution in [0.1, 0.15) is 45.4 Å². The van der Waals surface area contributed by atoms with E-state index < -0.39 is 11.7 Å². The van der Waals surface area contributed by atoms with E-state index >= 15 is 0 Å². The average molecular weight is 235 g/mol. The fourth-order valence-electron chi connectivity index (χ4n) is 2.56. The van der Waals surface area contributed by atoms with Crippen LogP contribution in [0.25, 0.3) is 0 Å². The molecule has 94 valence electrons. The van der Waals surface area contributed by atoms with Crippen LogP contribution in [0.3, 0.4) is 0 Å². The molecule has 0 spiro atoms. The Morgan fingerprint density at radius 3 is 2.12 bits per heavy atom. The molecule has 0 aromatic carbocycles. The zero-order valence-corrected chi connectivity index (χ0v) is 9.74. The van der Waals surface area contributed by atoms with Crippen molar-refractivity contribution < 1.29 is 13.2 Å². The molecule has 4 heteroatoms. The Morgan fingerprint density at radius 1 is 1.12 bits per heavy atom. The first-order valence-corrected chi connectivity index (χ1v) is 6.25. The first-order chi connectivity index (χ1) is 7.43. The van der Waals surface area contributed by atoms with Gasteiger partial charge in [-0.05, 0) is 44.1 Å². The quantitative estimate of drug-likeness (QED) is 0.789. The zero-order chi connectivity index (χ0) is 11.8. The van der Waals surface area contributed by atoms with Gasteiger partial charge in [0.1, 0.15) is 5.54 Å². The maximum absolute atomic E-state index is 12.6. The highest BCUT2D eigenvalue weighted by Crippen LogP contribution is 2.49. The van der Waals surface area contributed by atoms with Gasteiger partial charge < -0.3 is 5.32 Å². The molecule has 16 heavy (non-hydrogen) atoms. The Bertz CT molecular complexity index is 237. The van der Waals surface area contributed by atoms with E-state index in [1.54, 1.807) is 0 Å². The molecule has 0 aromatic rings. The minimum atomic E-state index is -4.06. The van der Waals surface area contributed by atoms with Crippen LogP contribution in [0.5, 0.6) is 0 Å². The van der Waals surface area contributed by atoms with Gasteiger partial charge >= 0.3 is 6.18 Å². The number of nitrogens with one attached hydrogen (secondary N) is 1. The van der Waals surface area contributed by atoms with Gasteiger partial charge in [0.2, 0.25) is 0 Å². The molecule has 0 amide bonds. The first kappa shape index (κ1) is 12.2. The van der Waals surface area contributed by atoms with Crippen molar-refractivity contribution in [2.75, 3.05) is 6.54 Å². The van der Waals surface area contributed by atoms with Gasteiger partial charge in [-0.3, -0.25) is 0 Å². The molecule has 2 rings (SSSR count). The molecular formula is C12H20F3N. The summed E-state index contributed by atoms with van der Waals surface area (Å²) in [5.74, 6) is 1.21. The molecule has 0 saturated heterocycles. The maximum Gasteiger partial charge on any atom is 0.406 e. The van der Waals surface area contributed by atoms with Gasteiger partial charge in [-0.1, -0.05) is 19.8 Å². The highest BCUT2D eigenvalue weighted by Gasteiger charge is 2.63. The Hall–Kier alpha value is -0.250. The number of alkyl halides is 3. The summed E-state index contributed by atoms with van der Waals surface area (Å²) < 4.78 is 37.9. The predicted octanol–water partition coefficient (Wildman–Crippen LogP) is 3.50. The van der Waals surface area contributed by atoms with Crippen molar-refractivity contribution >= 4 is 0 Å². The van der Waals surface area contributed by atoms with Gasteiger partial charge in [0, 0.05) is 0 Å². The SMILES string of the molecule is CC1CCC(CNC2(C(F)(F)F)CC2)CC1. The van der Waals surface area contributed by atoms with E-state index in [-0.39, 0.29) is 12.8 Å². The number of rotatable bonds is 3. The number of hydrogen-bond donors (Lipinski definition) is 1. The highest BCUT2D eigenvalue weighted by atomic mass is 19.4. The molecule has 0 aromatic heterocycles. The molecule has 0 atom stereocenters. The summed E-state index contributed by atoms with van der Waals surface area (Å²) in [6.07, 6.45) is 0.981. The average Bonchev–Trinajstić information content (AvgIpc) is 2.97. The van der Waals surface area contributed by atoms with Gasteiger partial charge in [0.15, 0.2) is 0 Å². The molecule has 2 saturated carbocycles. The Labute approximate surface area is 94.8 Å². The van der Waals surface area contributed by atoms with Gasteiger partial charge in [-0.15, -0.1) is 0 Å². The van der Waals surface area contributed by atoms with Crippen molar-refractivity contribution in [3.8, 4) is 0 Å². The second-order valence-corrected chi connectivity index (χ2v) is 5.59. The summed E-state index contributed by atoms with van der Waals surface area (Å²) in [7, 11) is 0. The third kappa shape index (κ3) is 2.53. The van der Waals surface area contributed by atoms with Gasteiger partial charge in [0.05, 0.1) is 0 Å². The van der Waals surface area contributed by atoms with Crippen molar-refractivity contribution in [1.82, 2.24) is 5.32 Å². The van der Waals surface area contributed by atoms with E-state index in [4.69, 9.17) is 0 Å². The van der Waals surface area contributed by atoms with Crippen molar-refractivity contribution in [3.05, 3.63) is 0 Å². The second kappa shape index (κ2) is 4.21. The molecular weight excluding hydrogens is 215 g/mol. The number of halogens is 3. The fourth-order valence-corrected chi connectivity index (χ4v) is 2.56. The van der Waals surface area contributed by atoms with Crippen molar-refractivity contribution in [1.29, 1.82) is 0 Å². The van der Waals surface area contributed by atoms with Crippen LogP contribution in [0.2, 0.25) is 0 Å². The lowest BCUT2D eigenvalue weighted by Gasteiger charge is -2.29. The third-order valence-corrected chi connectivity index (χ3v) is 4.16. The van der Waals surface area contributed by atoms with E-state index in [0.717, 1.165) is 18.8 Å². The number of hydrogen-bond acceptors (Lipinski definition) is 1. The van der Waals surface area contributed by atoms with Crippen LogP contribution in [0.4, 0.5) is 13.2 Å². The lowest BCUT2D eigenvalue weighted by Crippen LogP contribution is -2.47.